The largest absolute Gasteiger partial charge is 0.380 e. The number of anilines is 1. The van der Waals surface area contributed by atoms with E-state index in [1.54, 1.807) is 0 Å². The number of hydrogen-bond donors (Lipinski definition) is 1. The van der Waals surface area contributed by atoms with E-state index >= 15 is 0 Å². The van der Waals surface area contributed by atoms with Gasteiger partial charge in [-0.15, -0.1) is 0 Å². The Kier molecular flexibility index (Phi) is 3.29. The summed E-state index contributed by atoms with van der Waals surface area (Å²) >= 11 is 0. The number of benzene rings is 1. The maximum atomic E-state index is 3.67. The highest BCUT2D eigenvalue weighted by atomic mass is 15.2. The molecular formula is C16H24N2. The molecule has 2 aliphatic heterocycles. The Bertz CT molecular complexity index is 390. The molecule has 3 unspecified atom stereocenters. The van der Waals surface area contributed by atoms with Crippen molar-refractivity contribution in [2.45, 2.75) is 32.7 Å². The van der Waals surface area contributed by atoms with Crippen molar-refractivity contribution in [2.75, 3.05) is 25.0 Å². The van der Waals surface area contributed by atoms with Crippen LogP contribution in [0.4, 0.5) is 5.69 Å². The standard InChI is InChI=1S/C16H24N2/c1-12-7-8-18(10-13(12)2)11-15-9-14-5-3-4-6-16(14)17-15/h3-6,12-13,15,17H,7-11H2,1-2H3. The lowest BCUT2D eigenvalue weighted by Crippen LogP contribution is -2.43. The van der Waals surface area contributed by atoms with Crippen molar-refractivity contribution in [3.05, 3.63) is 29.8 Å². The van der Waals surface area contributed by atoms with E-state index in [9.17, 15) is 0 Å². The average molecular weight is 244 g/mol. The summed E-state index contributed by atoms with van der Waals surface area (Å²) in [6.45, 7) is 8.54. The Labute approximate surface area is 110 Å². The molecule has 0 amide bonds. The van der Waals surface area contributed by atoms with Crippen LogP contribution in [0.3, 0.4) is 0 Å². The molecule has 0 spiro atoms. The van der Waals surface area contributed by atoms with E-state index in [-0.39, 0.29) is 0 Å². The Morgan fingerprint density at radius 2 is 2.06 bits per heavy atom. The Balaban J connectivity index is 1.57. The molecule has 1 aromatic carbocycles. The van der Waals surface area contributed by atoms with E-state index < -0.39 is 0 Å². The van der Waals surface area contributed by atoms with Crippen molar-refractivity contribution in [1.82, 2.24) is 4.90 Å². The number of para-hydroxylation sites is 1. The van der Waals surface area contributed by atoms with Gasteiger partial charge in [-0.1, -0.05) is 32.0 Å². The zero-order valence-corrected chi connectivity index (χ0v) is 11.5. The Morgan fingerprint density at radius 1 is 1.22 bits per heavy atom. The molecule has 1 N–H and O–H groups in total. The third kappa shape index (κ3) is 2.39. The normalized spacial score (nSPS) is 32.0. The molecule has 0 saturated carbocycles. The number of likely N-dealkylation sites (tertiary alicyclic amines) is 1. The molecule has 98 valence electrons. The van der Waals surface area contributed by atoms with Crippen LogP contribution in [0.5, 0.6) is 0 Å². The van der Waals surface area contributed by atoms with Crippen molar-refractivity contribution in [3.63, 3.8) is 0 Å². The molecule has 1 fully saturated rings. The monoisotopic (exact) mass is 244 g/mol. The van der Waals surface area contributed by atoms with Crippen molar-refractivity contribution >= 4 is 5.69 Å². The summed E-state index contributed by atoms with van der Waals surface area (Å²) in [6.07, 6.45) is 2.55. The second-order valence-corrected chi connectivity index (χ2v) is 6.21. The second-order valence-electron chi connectivity index (χ2n) is 6.21. The zero-order valence-electron chi connectivity index (χ0n) is 11.5. The van der Waals surface area contributed by atoms with Crippen LogP contribution in [0.15, 0.2) is 24.3 Å². The van der Waals surface area contributed by atoms with Crippen LogP contribution in [-0.4, -0.2) is 30.6 Å². The topological polar surface area (TPSA) is 15.3 Å². The maximum absolute atomic E-state index is 3.67. The van der Waals surface area contributed by atoms with Gasteiger partial charge >= 0.3 is 0 Å². The van der Waals surface area contributed by atoms with Crippen LogP contribution in [-0.2, 0) is 6.42 Å². The molecule has 0 radical (unpaired) electrons. The van der Waals surface area contributed by atoms with Gasteiger partial charge in [0.1, 0.15) is 0 Å². The van der Waals surface area contributed by atoms with Crippen LogP contribution in [0.2, 0.25) is 0 Å². The number of piperidine rings is 1. The molecular weight excluding hydrogens is 220 g/mol. The van der Waals surface area contributed by atoms with Gasteiger partial charge in [-0.2, -0.15) is 0 Å². The fourth-order valence-corrected chi connectivity index (χ4v) is 3.31. The van der Waals surface area contributed by atoms with Gasteiger partial charge in [0.25, 0.3) is 0 Å². The predicted molar refractivity (Wildman–Crippen MR) is 76.9 cm³/mol. The van der Waals surface area contributed by atoms with Gasteiger partial charge in [0.2, 0.25) is 0 Å². The molecule has 0 bridgehead atoms. The molecule has 2 heteroatoms. The molecule has 1 saturated heterocycles. The Morgan fingerprint density at radius 3 is 2.83 bits per heavy atom. The van der Waals surface area contributed by atoms with Crippen molar-refractivity contribution in [1.29, 1.82) is 0 Å². The molecule has 2 heterocycles. The van der Waals surface area contributed by atoms with Gasteiger partial charge in [0, 0.05) is 24.8 Å². The van der Waals surface area contributed by atoms with E-state index in [1.165, 1.54) is 43.7 Å². The average Bonchev–Trinajstić information content (AvgIpc) is 2.76. The van der Waals surface area contributed by atoms with E-state index in [4.69, 9.17) is 0 Å². The molecule has 3 atom stereocenters. The fraction of sp³-hybridized carbons (Fsp3) is 0.625. The predicted octanol–water partition coefficient (Wildman–Crippen LogP) is 3.00. The third-order valence-corrected chi connectivity index (χ3v) is 4.74. The van der Waals surface area contributed by atoms with Crippen LogP contribution >= 0.6 is 0 Å². The minimum absolute atomic E-state index is 0.614. The molecule has 0 aromatic heterocycles. The van der Waals surface area contributed by atoms with Crippen LogP contribution in [0, 0.1) is 11.8 Å². The fourth-order valence-electron chi connectivity index (χ4n) is 3.31. The minimum atomic E-state index is 0.614. The van der Waals surface area contributed by atoms with Gasteiger partial charge in [0.15, 0.2) is 0 Å². The summed E-state index contributed by atoms with van der Waals surface area (Å²) in [5.41, 5.74) is 2.84. The first-order valence-corrected chi connectivity index (χ1v) is 7.29. The molecule has 2 nitrogen and oxygen atoms in total. The van der Waals surface area contributed by atoms with Crippen molar-refractivity contribution in [3.8, 4) is 0 Å². The second kappa shape index (κ2) is 4.93. The van der Waals surface area contributed by atoms with Gasteiger partial charge < -0.3 is 10.2 Å². The molecule has 1 aromatic rings. The van der Waals surface area contributed by atoms with Crippen LogP contribution < -0.4 is 5.32 Å². The van der Waals surface area contributed by atoms with E-state index in [0.717, 1.165) is 11.8 Å². The first-order valence-electron chi connectivity index (χ1n) is 7.29. The number of fused-ring (bicyclic) bond motifs is 1. The lowest BCUT2D eigenvalue weighted by Gasteiger charge is -2.36. The summed E-state index contributed by atoms with van der Waals surface area (Å²) in [5, 5.41) is 3.67. The van der Waals surface area contributed by atoms with Gasteiger partial charge in [-0.25, -0.2) is 0 Å². The number of nitrogens with zero attached hydrogens (tertiary/aromatic N) is 1. The molecule has 2 aliphatic rings. The smallest absolute Gasteiger partial charge is 0.0429 e. The minimum Gasteiger partial charge on any atom is -0.380 e. The summed E-state index contributed by atoms with van der Waals surface area (Å²) < 4.78 is 0. The van der Waals surface area contributed by atoms with E-state index in [2.05, 4.69) is 48.3 Å². The molecule has 0 aliphatic carbocycles. The maximum Gasteiger partial charge on any atom is 0.0429 e. The first kappa shape index (κ1) is 12.0. The highest BCUT2D eigenvalue weighted by Crippen LogP contribution is 2.27. The van der Waals surface area contributed by atoms with Crippen molar-refractivity contribution in [2.24, 2.45) is 11.8 Å². The van der Waals surface area contributed by atoms with Crippen molar-refractivity contribution < 1.29 is 0 Å². The Hall–Kier alpha value is -1.02. The zero-order chi connectivity index (χ0) is 12.5. The number of hydrogen-bond acceptors (Lipinski definition) is 2. The van der Waals surface area contributed by atoms with Gasteiger partial charge in [-0.05, 0) is 42.9 Å². The molecule has 18 heavy (non-hydrogen) atoms. The first-order chi connectivity index (χ1) is 8.72. The number of nitrogens with one attached hydrogen (secondary N) is 1. The summed E-state index contributed by atoms with van der Waals surface area (Å²) in [4.78, 5) is 2.65. The number of rotatable bonds is 2. The lowest BCUT2D eigenvalue weighted by atomic mass is 9.88. The third-order valence-electron chi connectivity index (χ3n) is 4.74. The summed E-state index contributed by atoms with van der Waals surface area (Å²) in [7, 11) is 0. The van der Waals surface area contributed by atoms with E-state index in [1.807, 2.05) is 0 Å². The van der Waals surface area contributed by atoms with Gasteiger partial charge in [-0.3, -0.25) is 0 Å². The highest BCUT2D eigenvalue weighted by Gasteiger charge is 2.27. The highest BCUT2D eigenvalue weighted by molar-refractivity contribution is 5.56. The molecule has 3 rings (SSSR count). The van der Waals surface area contributed by atoms with E-state index in [0.29, 0.717) is 6.04 Å². The van der Waals surface area contributed by atoms with Crippen LogP contribution in [0.1, 0.15) is 25.8 Å². The summed E-state index contributed by atoms with van der Waals surface area (Å²) in [5.74, 6) is 1.75. The lowest BCUT2D eigenvalue weighted by molar-refractivity contribution is 0.134. The quantitative estimate of drug-likeness (QED) is 0.860. The SMILES string of the molecule is CC1CCN(CC2Cc3ccccc3N2)CC1C. The van der Waals surface area contributed by atoms with Crippen LogP contribution in [0.25, 0.3) is 0 Å². The van der Waals surface area contributed by atoms with Gasteiger partial charge in [0.05, 0.1) is 0 Å². The summed E-state index contributed by atoms with van der Waals surface area (Å²) in [6, 6.07) is 9.34.